The summed E-state index contributed by atoms with van der Waals surface area (Å²) in [6.07, 6.45) is 4.78. The molecule has 0 unspecified atom stereocenters. The highest BCUT2D eigenvalue weighted by Crippen LogP contribution is 2.31. The Morgan fingerprint density at radius 3 is 2.67 bits per heavy atom. The second-order valence-electron chi connectivity index (χ2n) is 6.45. The number of ether oxygens (including phenoxy) is 1. The molecule has 2 aromatic carbocycles. The van der Waals surface area contributed by atoms with Crippen molar-refractivity contribution in [2.45, 2.75) is 6.54 Å². The normalized spacial score (nSPS) is 10.8. The molecule has 5 nitrogen and oxygen atoms in total. The fraction of sp³-hybridized carbons (Fsp3) is 0.0909. The van der Waals surface area contributed by atoms with E-state index in [0.717, 1.165) is 21.9 Å². The topological polar surface area (TPSA) is 52.0 Å². The van der Waals surface area contributed by atoms with Crippen LogP contribution in [0.3, 0.4) is 0 Å². The summed E-state index contributed by atoms with van der Waals surface area (Å²) < 4.78 is 35.6. The van der Waals surface area contributed by atoms with Gasteiger partial charge in [-0.2, -0.15) is 0 Å². The Hall–Kier alpha value is -3.26. The van der Waals surface area contributed by atoms with Gasteiger partial charge >= 0.3 is 0 Å². The van der Waals surface area contributed by atoms with Crippen molar-refractivity contribution in [2.24, 2.45) is 0 Å². The van der Waals surface area contributed by atoms with Crippen LogP contribution < -0.4 is 10.1 Å². The molecule has 2 heterocycles. The Balaban J connectivity index is 1.69. The third-order valence-electron chi connectivity index (χ3n) is 4.55. The van der Waals surface area contributed by atoms with Crippen molar-refractivity contribution < 1.29 is 13.5 Å². The molecule has 0 amide bonds. The average molecular weight is 471 g/mol. The molecule has 8 heteroatoms. The molecule has 0 saturated heterocycles. The summed E-state index contributed by atoms with van der Waals surface area (Å²) in [4.78, 5) is 8.82. The van der Waals surface area contributed by atoms with Gasteiger partial charge in [0.05, 0.1) is 18.4 Å². The number of nitrogens with one attached hydrogen (secondary N) is 1. The molecule has 0 bridgehead atoms. The van der Waals surface area contributed by atoms with E-state index >= 15 is 0 Å². The lowest BCUT2D eigenvalue weighted by Crippen LogP contribution is -2.06. The van der Waals surface area contributed by atoms with E-state index < -0.39 is 11.6 Å². The number of methoxy groups -OCH3 is 1. The molecule has 1 N–H and O–H groups in total. The Bertz CT molecular complexity index is 1180. The van der Waals surface area contributed by atoms with Crippen LogP contribution in [-0.4, -0.2) is 21.6 Å². The van der Waals surface area contributed by atoms with E-state index in [9.17, 15) is 8.78 Å². The maximum atomic E-state index is 14.4. The lowest BCUT2D eigenvalue weighted by atomic mass is 10.2. The van der Waals surface area contributed by atoms with E-state index in [1.165, 1.54) is 22.9 Å². The number of anilines is 1. The van der Waals surface area contributed by atoms with Crippen LogP contribution in [0.4, 0.5) is 14.6 Å². The smallest absolute Gasteiger partial charge is 0.182 e. The summed E-state index contributed by atoms with van der Waals surface area (Å²) >= 11 is 3.43. The quantitative estimate of drug-likeness (QED) is 0.398. The van der Waals surface area contributed by atoms with Crippen LogP contribution in [0.15, 0.2) is 71.6 Å². The van der Waals surface area contributed by atoms with E-state index in [-0.39, 0.29) is 5.69 Å². The maximum Gasteiger partial charge on any atom is 0.182 e. The lowest BCUT2D eigenvalue weighted by Gasteiger charge is -2.14. The first-order chi connectivity index (χ1) is 14.6. The van der Waals surface area contributed by atoms with E-state index in [1.54, 1.807) is 19.5 Å². The second-order valence-corrected chi connectivity index (χ2v) is 7.36. The van der Waals surface area contributed by atoms with Crippen molar-refractivity contribution >= 4 is 21.7 Å². The molecular formula is C22H17BrF2N4O. The van der Waals surface area contributed by atoms with Crippen molar-refractivity contribution in [1.29, 1.82) is 0 Å². The van der Waals surface area contributed by atoms with Gasteiger partial charge in [-0.3, -0.25) is 4.57 Å². The van der Waals surface area contributed by atoms with E-state index in [0.29, 0.717) is 23.8 Å². The molecule has 0 radical (unpaired) electrons. The standard InChI is InChI=1S/C22H17BrF2N4O/c1-30-16-7-5-14(6-8-16)12-27-21-17(11-15(23)13-28-21)22-26-9-10-29(22)19-4-2-3-18(24)20(19)25/h2-11,13H,12H2,1H3,(H,27,28). The number of hydrogen-bond donors (Lipinski definition) is 1. The predicted molar refractivity (Wildman–Crippen MR) is 115 cm³/mol. The van der Waals surface area contributed by atoms with Gasteiger partial charge in [0.15, 0.2) is 11.6 Å². The van der Waals surface area contributed by atoms with E-state index in [2.05, 4.69) is 31.2 Å². The number of pyridine rings is 1. The fourth-order valence-electron chi connectivity index (χ4n) is 3.06. The molecule has 0 spiro atoms. The Labute approximate surface area is 180 Å². The number of aromatic nitrogens is 3. The van der Waals surface area contributed by atoms with Crippen LogP contribution in [0, 0.1) is 11.6 Å². The molecule has 30 heavy (non-hydrogen) atoms. The van der Waals surface area contributed by atoms with E-state index in [4.69, 9.17) is 4.74 Å². The van der Waals surface area contributed by atoms with Crippen molar-refractivity contribution in [3.05, 3.63) is 88.8 Å². The zero-order chi connectivity index (χ0) is 21.1. The first kappa shape index (κ1) is 20.0. The van der Waals surface area contributed by atoms with Crippen LogP contribution in [0.1, 0.15) is 5.56 Å². The highest BCUT2D eigenvalue weighted by molar-refractivity contribution is 9.10. The lowest BCUT2D eigenvalue weighted by molar-refractivity contribution is 0.414. The summed E-state index contributed by atoms with van der Waals surface area (Å²) in [5, 5.41) is 3.29. The number of halogens is 3. The van der Waals surface area contributed by atoms with Crippen LogP contribution in [0.25, 0.3) is 17.1 Å². The SMILES string of the molecule is COc1ccc(CNc2ncc(Br)cc2-c2nccn2-c2cccc(F)c2F)cc1. The van der Waals surface area contributed by atoms with Gasteiger partial charge in [-0.1, -0.05) is 18.2 Å². The van der Waals surface area contributed by atoms with Crippen LogP contribution in [0.5, 0.6) is 5.75 Å². The van der Waals surface area contributed by atoms with Crippen molar-refractivity contribution in [2.75, 3.05) is 12.4 Å². The fourth-order valence-corrected chi connectivity index (χ4v) is 3.39. The zero-order valence-electron chi connectivity index (χ0n) is 15.9. The molecule has 0 aliphatic rings. The van der Waals surface area contributed by atoms with Gasteiger partial charge in [-0.25, -0.2) is 18.7 Å². The molecule has 0 aliphatic carbocycles. The monoisotopic (exact) mass is 470 g/mol. The molecular weight excluding hydrogens is 454 g/mol. The van der Waals surface area contributed by atoms with Crippen LogP contribution in [-0.2, 0) is 6.54 Å². The number of hydrogen-bond acceptors (Lipinski definition) is 4. The predicted octanol–water partition coefficient (Wildman–Crippen LogP) is 5.60. The summed E-state index contributed by atoms with van der Waals surface area (Å²) in [5.41, 5.74) is 1.75. The number of nitrogens with zero attached hydrogens (tertiary/aromatic N) is 3. The van der Waals surface area contributed by atoms with Gasteiger partial charge in [0, 0.05) is 29.6 Å². The minimum atomic E-state index is -0.938. The van der Waals surface area contributed by atoms with Gasteiger partial charge in [-0.05, 0) is 51.8 Å². The Morgan fingerprint density at radius 2 is 1.90 bits per heavy atom. The molecule has 2 aromatic heterocycles. The number of imidazole rings is 1. The molecule has 152 valence electrons. The molecule has 0 atom stereocenters. The highest BCUT2D eigenvalue weighted by Gasteiger charge is 2.17. The first-order valence-electron chi connectivity index (χ1n) is 9.07. The van der Waals surface area contributed by atoms with Gasteiger partial charge in [-0.15, -0.1) is 0 Å². The minimum absolute atomic E-state index is 0.0728. The zero-order valence-corrected chi connectivity index (χ0v) is 17.5. The maximum absolute atomic E-state index is 14.4. The molecule has 0 fully saturated rings. The molecule has 4 aromatic rings. The van der Waals surface area contributed by atoms with Crippen molar-refractivity contribution in [3.63, 3.8) is 0 Å². The van der Waals surface area contributed by atoms with Gasteiger partial charge in [0.2, 0.25) is 0 Å². The van der Waals surface area contributed by atoms with E-state index in [1.807, 2.05) is 30.3 Å². The Kier molecular flexibility index (Phi) is 5.76. The molecule has 0 saturated carbocycles. The summed E-state index contributed by atoms with van der Waals surface area (Å²) in [7, 11) is 1.62. The van der Waals surface area contributed by atoms with Crippen molar-refractivity contribution in [3.8, 4) is 22.8 Å². The molecule has 0 aliphatic heterocycles. The van der Waals surface area contributed by atoms with Crippen LogP contribution in [0.2, 0.25) is 0 Å². The van der Waals surface area contributed by atoms with Crippen LogP contribution >= 0.6 is 15.9 Å². The Morgan fingerprint density at radius 1 is 1.10 bits per heavy atom. The van der Waals surface area contributed by atoms with Gasteiger partial charge in [0.25, 0.3) is 0 Å². The second kappa shape index (κ2) is 8.62. The third kappa shape index (κ3) is 4.04. The summed E-state index contributed by atoms with van der Waals surface area (Å²) in [5.74, 6) is -0.0750. The molecule has 4 rings (SSSR count). The number of rotatable bonds is 6. The third-order valence-corrected chi connectivity index (χ3v) is 4.98. The first-order valence-corrected chi connectivity index (χ1v) is 9.86. The summed E-state index contributed by atoms with van der Waals surface area (Å²) in [6, 6.07) is 13.5. The average Bonchev–Trinajstić information content (AvgIpc) is 3.24. The van der Waals surface area contributed by atoms with Gasteiger partial charge in [0.1, 0.15) is 17.4 Å². The van der Waals surface area contributed by atoms with Gasteiger partial charge < -0.3 is 10.1 Å². The highest BCUT2D eigenvalue weighted by atomic mass is 79.9. The largest absolute Gasteiger partial charge is 0.497 e. The minimum Gasteiger partial charge on any atom is -0.497 e. The van der Waals surface area contributed by atoms with Crippen molar-refractivity contribution in [1.82, 2.24) is 14.5 Å². The number of benzene rings is 2. The summed E-state index contributed by atoms with van der Waals surface area (Å²) in [6.45, 7) is 0.515.